The van der Waals surface area contributed by atoms with Gasteiger partial charge in [0, 0.05) is 35.5 Å². The predicted octanol–water partition coefficient (Wildman–Crippen LogP) is 4.31. The van der Waals surface area contributed by atoms with Crippen molar-refractivity contribution in [2.75, 3.05) is 19.7 Å². The molecule has 1 saturated heterocycles. The van der Waals surface area contributed by atoms with Gasteiger partial charge >= 0.3 is 0 Å². The molecule has 2 aromatic carbocycles. The van der Waals surface area contributed by atoms with Crippen molar-refractivity contribution >= 4 is 35.0 Å². The van der Waals surface area contributed by atoms with Crippen LogP contribution in [0, 0.1) is 11.2 Å². The number of nitrogens with zero attached hydrogens (tertiary/aromatic N) is 1. The first-order valence-corrected chi connectivity index (χ1v) is 9.95. The number of hydrogen-bond acceptors (Lipinski definition) is 3. The average Bonchev–Trinajstić information content (AvgIpc) is 2.68. The fraction of sp³-hybridized carbons (Fsp3) is 0.333. The Balaban J connectivity index is 1.78. The molecule has 2 aromatic rings. The molecule has 1 aliphatic heterocycles. The highest BCUT2D eigenvalue weighted by molar-refractivity contribution is 6.31. The predicted molar refractivity (Wildman–Crippen MR) is 110 cm³/mol. The van der Waals surface area contributed by atoms with Crippen LogP contribution in [0.4, 0.5) is 4.39 Å². The van der Waals surface area contributed by atoms with Crippen LogP contribution in [-0.2, 0) is 4.79 Å². The van der Waals surface area contributed by atoms with Crippen LogP contribution in [0.1, 0.15) is 29.6 Å². The number of ether oxygens (including phenoxy) is 1. The molecule has 0 spiro atoms. The number of piperidine rings is 1. The lowest BCUT2D eigenvalue weighted by molar-refractivity contribution is -0.122. The van der Waals surface area contributed by atoms with Crippen molar-refractivity contribution in [3.63, 3.8) is 0 Å². The minimum Gasteiger partial charge on any atom is -0.493 e. The largest absolute Gasteiger partial charge is 0.493 e. The van der Waals surface area contributed by atoms with Gasteiger partial charge in [0.1, 0.15) is 11.6 Å². The molecule has 2 N–H and O–H groups in total. The molecule has 1 aliphatic rings. The lowest BCUT2D eigenvalue weighted by Gasteiger charge is -2.42. The summed E-state index contributed by atoms with van der Waals surface area (Å²) < 4.78 is 19.3. The number of halogens is 3. The third kappa shape index (κ3) is 5.40. The van der Waals surface area contributed by atoms with Gasteiger partial charge in [-0.2, -0.15) is 0 Å². The van der Waals surface area contributed by atoms with Gasteiger partial charge in [0.15, 0.2) is 0 Å². The standard InChI is InChI=1S/C21H21Cl2FN2O3/c22-15-3-1-4-16(10-15)29-13-21(11-19(25)27)7-2-8-26(12-21)20(28)14-5-6-18(24)17(23)9-14/h1,3-6,9-10H,2,7-8,11-13H2,(H2,25,27)/t21-/m0/s1. The Kier molecular flexibility index (Phi) is 6.65. The van der Waals surface area contributed by atoms with Crippen molar-refractivity contribution in [1.29, 1.82) is 0 Å². The SMILES string of the molecule is NC(=O)C[C@@]1(COc2cccc(Cl)c2)CCCN(C(=O)c2ccc(F)c(Cl)c2)C1. The van der Waals surface area contributed by atoms with Crippen LogP contribution in [0.25, 0.3) is 0 Å². The summed E-state index contributed by atoms with van der Waals surface area (Å²) >= 11 is 11.8. The summed E-state index contributed by atoms with van der Waals surface area (Å²) in [5.74, 6) is -0.739. The van der Waals surface area contributed by atoms with Gasteiger partial charge in [0.25, 0.3) is 5.91 Å². The van der Waals surface area contributed by atoms with Gasteiger partial charge in [-0.25, -0.2) is 4.39 Å². The Bertz CT molecular complexity index is 925. The van der Waals surface area contributed by atoms with Crippen molar-refractivity contribution in [2.24, 2.45) is 11.1 Å². The van der Waals surface area contributed by atoms with Crippen molar-refractivity contribution in [3.8, 4) is 5.75 Å². The van der Waals surface area contributed by atoms with Gasteiger partial charge in [-0.3, -0.25) is 9.59 Å². The van der Waals surface area contributed by atoms with Crippen LogP contribution < -0.4 is 10.5 Å². The van der Waals surface area contributed by atoms with Gasteiger partial charge in [-0.15, -0.1) is 0 Å². The number of benzene rings is 2. The Labute approximate surface area is 178 Å². The van der Waals surface area contributed by atoms with E-state index >= 15 is 0 Å². The molecule has 154 valence electrons. The van der Waals surface area contributed by atoms with E-state index in [0.717, 1.165) is 0 Å². The Morgan fingerprint density at radius 1 is 1.21 bits per heavy atom. The summed E-state index contributed by atoms with van der Waals surface area (Å²) in [6.07, 6.45) is 1.46. The van der Waals surface area contributed by atoms with E-state index in [0.29, 0.717) is 42.3 Å². The number of nitrogens with two attached hydrogens (primary N) is 1. The normalized spacial score (nSPS) is 19.1. The van der Waals surface area contributed by atoms with Crippen molar-refractivity contribution < 1.29 is 18.7 Å². The number of carbonyl (C=O) groups is 2. The van der Waals surface area contributed by atoms with E-state index in [1.807, 2.05) is 0 Å². The van der Waals surface area contributed by atoms with Gasteiger partial charge in [-0.05, 0) is 49.2 Å². The van der Waals surface area contributed by atoms with Crippen molar-refractivity contribution in [2.45, 2.75) is 19.3 Å². The van der Waals surface area contributed by atoms with Crippen LogP contribution in [-0.4, -0.2) is 36.4 Å². The summed E-state index contributed by atoms with van der Waals surface area (Å²) in [6, 6.07) is 10.8. The summed E-state index contributed by atoms with van der Waals surface area (Å²) in [5.41, 5.74) is 5.17. The molecule has 29 heavy (non-hydrogen) atoms. The molecule has 0 aromatic heterocycles. The fourth-order valence-corrected chi connectivity index (χ4v) is 4.03. The maximum absolute atomic E-state index is 13.4. The number of hydrogen-bond donors (Lipinski definition) is 1. The molecule has 8 heteroatoms. The van der Waals surface area contributed by atoms with Crippen LogP contribution in [0.3, 0.4) is 0 Å². The molecule has 0 bridgehead atoms. The second-order valence-electron chi connectivity index (χ2n) is 7.35. The monoisotopic (exact) mass is 438 g/mol. The highest BCUT2D eigenvalue weighted by Crippen LogP contribution is 2.35. The van der Waals surface area contributed by atoms with E-state index in [1.165, 1.54) is 18.2 Å². The lowest BCUT2D eigenvalue weighted by atomic mass is 9.77. The van der Waals surface area contributed by atoms with Crippen LogP contribution in [0.2, 0.25) is 10.0 Å². The molecule has 0 radical (unpaired) electrons. The molecule has 1 heterocycles. The van der Waals surface area contributed by atoms with E-state index in [9.17, 15) is 14.0 Å². The molecule has 1 atom stereocenters. The smallest absolute Gasteiger partial charge is 0.253 e. The maximum atomic E-state index is 13.4. The number of rotatable bonds is 6. The third-order valence-corrected chi connectivity index (χ3v) is 5.53. The number of primary amides is 1. The van der Waals surface area contributed by atoms with Crippen molar-refractivity contribution in [3.05, 3.63) is 63.9 Å². The number of carbonyl (C=O) groups excluding carboxylic acids is 2. The van der Waals surface area contributed by atoms with Gasteiger partial charge in [0.2, 0.25) is 5.91 Å². The lowest BCUT2D eigenvalue weighted by Crippen LogP contribution is -2.50. The first kappa shape index (κ1) is 21.4. The molecular weight excluding hydrogens is 418 g/mol. The minimum absolute atomic E-state index is 0.0848. The maximum Gasteiger partial charge on any atom is 0.253 e. The molecule has 5 nitrogen and oxygen atoms in total. The van der Waals surface area contributed by atoms with Crippen molar-refractivity contribution in [1.82, 2.24) is 4.90 Å². The Morgan fingerprint density at radius 2 is 2.00 bits per heavy atom. The molecule has 0 aliphatic carbocycles. The van der Waals surface area contributed by atoms with E-state index in [-0.39, 0.29) is 24.0 Å². The van der Waals surface area contributed by atoms with Crippen LogP contribution in [0.5, 0.6) is 5.75 Å². The summed E-state index contributed by atoms with van der Waals surface area (Å²) in [6.45, 7) is 1.03. The van der Waals surface area contributed by atoms with Gasteiger partial charge in [-0.1, -0.05) is 29.3 Å². The van der Waals surface area contributed by atoms with Gasteiger partial charge in [0.05, 0.1) is 11.6 Å². The highest BCUT2D eigenvalue weighted by Gasteiger charge is 2.39. The first-order chi connectivity index (χ1) is 13.8. The second-order valence-corrected chi connectivity index (χ2v) is 8.19. The first-order valence-electron chi connectivity index (χ1n) is 9.19. The van der Waals surface area contributed by atoms with Crippen LogP contribution in [0.15, 0.2) is 42.5 Å². The van der Waals surface area contributed by atoms with E-state index in [2.05, 4.69) is 0 Å². The zero-order valence-electron chi connectivity index (χ0n) is 15.7. The molecule has 0 saturated carbocycles. The van der Waals surface area contributed by atoms with Gasteiger partial charge < -0.3 is 15.4 Å². The van der Waals surface area contributed by atoms with E-state index < -0.39 is 17.1 Å². The molecule has 2 amide bonds. The summed E-state index contributed by atoms with van der Waals surface area (Å²) in [7, 11) is 0. The molecule has 0 unspecified atom stereocenters. The second kappa shape index (κ2) is 9.01. The van der Waals surface area contributed by atoms with E-state index in [4.69, 9.17) is 33.7 Å². The third-order valence-electron chi connectivity index (χ3n) is 5.01. The average molecular weight is 439 g/mol. The summed E-state index contributed by atoms with van der Waals surface area (Å²) in [5, 5.41) is 0.431. The Morgan fingerprint density at radius 3 is 2.69 bits per heavy atom. The zero-order valence-corrected chi connectivity index (χ0v) is 17.2. The topological polar surface area (TPSA) is 72.6 Å². The summed E-state index contributed by atoms with van der Waals surface area (Å²) in [4.78, 5) is 26.3. The highest BCUT2D eigenvalue weighted by atomic mass is 35.5. The van der Waals surface area contributed by atoms with Crippen LogP contribution >= 0.6 is 23.2 Å². The van der Waals surface area contributed by atoms with E-state index in [1.54, 1.807) is 29.2 Å². The number of likely N-dealkylation sites (tertiary alicyclic amines) is 1. The molecule has 1 fully saturated rings. The molecule has 3 rings (SSSR count). The fourth-order valence-electron chi connectivity index (χ4n) is 3.67. The quantitative estimate of drug-likeness (QED) is 0.729. The Hall–Kier alpha value is -2.31. The number of amides is 2. The zero-order chi connectivity index (χ0) is 21.0. The minimum atomic E-state index is -0.619. The molecular formula is C21H21Cl2FN2O3.